The number of benzene rings is 2. The number of carbonyl (C=O) groups is 1. The van der Waals surface area contributed by atoms with Gasteiger partial charge in [0.1, 0.15) is 5.75 Å². The van der Waals surface area contributed by atoms with Gasteiger partial charge in [0.15, 0.2) is 5.78 Å². The Morgan fingerprint density at radius 2 is 1.44 bits per heavy atom. The van der Waals surface area contributed by atoms with Crippen LogP contribution < -0.4 is 4.74 Å². The summed E-state index contributed by atoms with van der Waals surface area (Å²) in [6, 6.07) is 17.1. The van der Waals surface area contributed by atoms with Crippen molar-refractivity contribution in [2.24, 2.45) is 0 Å². The van der Waals surface area contributed by atoms with Gasteiger partial charge in [-0.25, -0.2) is 0 Å². The highest BCUT2D eigenvalue weighted by molar-refractivity contribution is 6.10. The summed E-state index contributed by atoms with van der Waals surface area (Å²) in [5.74, 6) is 0.747. The van der Waals surface area contributed by atoms with Crippen LogP contribution in [0, 0.1) is 0 Å². The van der Waals surface area contributed by atoms with E-state index in [0.29, 0.717) is 11.1 Å². The number of para-hydroxylation sites is 1. The first-order valence-corrected chi connectivity index (χ1v) is 10.6. The molecule has 2 heteroatoms. The van der Waals surface area contributed by atoms with Crippen molar-refractivity contribution >= 4 is 5.78 Å². The fourth-order valence-corrected chi connectivity index (χ4v) is 3.42. The van der Waals surface area contributed by atoms with Gasteiger partial charge >= 0.3 is 0 Å². The van der Waals surface area contributed by atoms with E-state index in [4.69, 9.17) is 4.74 Å². The van der Waals surface area contributed by atoms with Gasteiger partial charge in [-0.15, -0.1) is 0 Å². The number of ether oxygens (including phenoxy) is 1. The van der Waals surface area contributed by atoms with Crippen LogP contribution in [0.2, 0.25) is 0 Å². The second-order valence-corrected chi connectivity index (χ2v) is 7.28. The molecule has 0 saturated carbocycles. The fourth-order valence-electron chi connectivity index (χ4n) is 3.42. The van der Waals surface area contributed by atoms with Gasteiger partial charge in [-0.1, -0.05) is 94.8 Å². The van der Waals surface area contributed by atoms with E-state index in [1.165, 1.54) is 38.5 Å². The van der Waals surface area contributed by atoms with Crippen molar-refractivity contribution in [3.63, 3.8) is 0 Å². The number of hydrogen-bond acceptors (Lipinski definition) is 2. The number of carbonyl (C=O) groups excluding carboxylic acids is 1. The van der Waals surface area contributed by atoms with Crippen LogP contribution in [-0.4, -0.2) is 11.9 Å². The fraction of sp³-hybridized carbons (Fsp3) is 0.480. The van der Waals surface area contributed by atoms with Crippen LogP contribution in [-0.2, 0) is 0 Å². The van der Waals surface area contributed by atoms with Crippen LogP contribution in [0.15, 0.2) is 54.6 Å². The van der Waals surface area contributed by atoms with Crippen molar-refractivity contribution in [2.75, 3.05) is 0 Å². The topological polar surface area (TPSA) is 26.3 Å². The first-order chi connectivity index (χ1) is 13.3. The molecule has 0 N–H and O–H groups in total. The van der Waals surface area contributed by atoms with E-state index in [-0.39, 0.29) is 11.9 Å². The molecule has 0 radical (unpaired) electrons. The van der Waals surface area contributed by atoms with E-state index in [2.05, 4.69) is 13.8 Å². The Kier molecular flexibility index (Phi) is 9.68. The summed E-state index contributed by atoms with van der Waals surface area (Å²) in [6.07, 6.45) is 11.1. The summed E-state index contributed by atoms with van der Waals surface area (Å²) < 4.78 is 6.34. The van der Waals surface area contributed by atoms with Crippen LogP contribution in [0.3, 0.4) is 0 Å². The monoisotopic (exact) mass is 366 g/mol. The van der Waals surface area contributed by atoms with E-state index in [9.17, 15) is 4.79 Å². The third-order valence-corrected chi connectivity index (χ3v) is 4.95. The quantitative estimate of drug-likeness (QED) is 0.276. The van der Waals surface area contributed by atoms with E-state index in [1.807, 2.05) is 54.6 Å². The van der Waals surface area contributed by atoms with Crippen LogP contribution in [0.25, 0.3) is 0 Å². The number of rotatable bonds is 13. The zero-order chi connectivity index (χ0) is 19.3. The summed E-state index contributed by atoms with van der Waals surface area (Å²) in [4.78, 5) is 12.9. The maximum atomic E-state index is 12.9. The average Bonchev–Trinajstić information content (AvgIpc) is 2.71. The van der Waals surface area contributed by atoms with Crippen molar-refractivity contribution < 1.29 is 9.53 Å². The van der Waals surface area contributed by atoms with E-state index >= 15 is 0 Å². The van der Waals surface area contributed by atoms with Crippen molar-refractivity contribution in [2.45, 2.75) is 77.7 Å². The van der Waals surface area contributed by atoms with Crippen LogP contribution in [0.4, 0.5) is 0 Å². The molecule has 1 unspecified atom stereocenters. The largest absolute Gasteiger partial charge is 0.490 e. The zero-order valence-corrected chi connectivity index (χ0v) is 17.0. The number of ketones is 1. The molecule has 146 valence electrons. The van der Waals surface area contributed by atoms with E-state index in [0.717, 1.165) is 25.0 Å². The van der Waals surface area contributed by atoms with Crippen molar-refractivity contribution in [3.05, 3.63) is 65.7 Å². The van der Waals surface area contributed by atoms with E-state index in [1.54, 1.807) is 0 Å². The molecule has 1 atom stereocenters. The molecular formula is C25H34O2. The van der Waals surface area contributed by atoms with Crippen molar-refractivity contribution in [1.29, 1.82) is 0 Å². The molecule has 0 aliphatic heterocycles. The van der Waals surface area contributed by atoms with E-state index < -0.39 is 0 Å². The van der Waals surface area contributed by atoms with Gasteiger partial charge in [-0.3, -0.25) is 4.79 Å². The minimum absolute atomic E-state index is 0.0287. The Bertz CT molecular complexity index is 663. The molecule has 0 aliphatic rings. The first kappa shape index (κ1) is 21.2. The van der Waals surface area contributed by atoms with Gasteiger partial charge in [-0.05, 0) is 31.4 Å². The van der Waals surface area contributed by atoms with Crippen molar-refractivity contribution in [1.82, 2.24) is 0 Å². The maximum absolute atomic E-state index is 12.9. The molecule has 0 fully saturated rings. The molecule has 0 aliphatic carbocycles. The van der Waals surface area contributed by atoms with Gasteiger partial charge in [-0.2, -0.15) is 0 Å². The third-order valence-electron chi connectivity index (χ3n) is 4.95. The van der Waals surface area contributed by atoms with Gasteiger partial charge in [0.2, 0.25) is 0 Å². The Morgan fingerprint density at radius 1 is 0.778 bits per heavy atom. The number of unbranched alkanes of at least 4 members (excludes halogenated alkanes) is 5. The highest BCUT2D eigenvalue weighted by Gasteiger charge is 2.17. The molecule has 0 aromatic heterocycles. The van der Waals surface area contributed by atoms with Gasteiger partial charge < -0.3 is 4.74 Å². The number of hydrogen-bond donors (Lipinski definition) is 0. The standard InChI is InChI=1S/C25H34O2/c1-3-5-6-7-8-12-18-22(15-4-2)27-24-20-14-13-19-23(24)25(26)21-16-10-9-11-17-21/h9-11,13-14,16-17,19-20,22H,3-8,12,15,18H2,1-2H3. The zero-order valence-electron chi connectivity index (χ0n) is 17.0. The average molecular weight is 367 g/mol. The normalized spacial score (nSPS) is 11.9. The second kappa shape index (κ2) is 12.3. The maximum Gasteiger partial charge on any atom is 0.196 e. The van der Waals surface area contributed by atoms with Crippen molar-refractivity contribution in [3.8, 4) is 5.75 Å². The van der Waals surface area contributed by atoms with Crippen LogP contribution in [0.1, 0.15) is 87.6 Å². The smallest absolute Gasteiger partial charge is 0.196 e. The molecule has 0 spiro atoms. The summed E-state index contributed by atoms with van der Waals surface area (Å²) in [5.41, 5.74) is 1.37. The molecule has 0 bridgehead atoms. The lowest BCUT2D eigenvalue weighted by Gasteiger charge is -2.20. The minimum Gasteiger partial charge on any atom is -0.490 e. The second-order valence-electron chi connectivity index (χ2n) is 7.28. The van der Waals surface area contributed by atoms with Crippen LogP contribution in [0.5, 0.6) is 5.75 Å². The van der Waals surface area contributed by atoms with Gasteiger partial charge in [0.25, 0.3) is 0 Å². The summed E-state index contributed by atoms with van der Waals surface area (Å²) >= 11 is 0. The highest BCUT2D eigenvalue weighted by atomic mass is 16.5. The molecular weight excluding hydrogens is 332 g/mol. The van der Waals surface area contributed by atoms with Gasteiger partial charge in [0.05, 0.1) is 11.7 Å². The lowest BCUT2D eigenvalue weighted by atomic mass is 10.0. The lowest BCUT2D eigenvalue weighted by Crippen LogP contribution is -2.18. The molecule has 2 aromatic carbocycles. The third kappa shape index (κ3) is 7.21. The molecule has 0 heterocycles. The molecule has 2 aromatic rings. The summed E-state index contributed by atoms with van der Waals surface area (Å²) in [7, 11) is 0. The van der Waals surface area contributed by atoms with Gasteiger partial charge in [0, 0.05) is 5.56 Å². The molecule has 27 heavy (non-hydrogen) atoms. The molecule has 0 saturated heterocycles. The Balaban J connectivity index is 2.00. The first-order valence-electron chi connectivity index (χ1n) is 10.6. The Labute approximate surface area is 165 Å². The predicted molar refractivity (Wildman–Crippen MR) is 114 cm³/mol. The Hall–Kier alpha value is -2.09. The Morgan fingerprint density at radius 3 is 2.19 bits per heavy atom. The highest BCUT2D eigenvalue weighted by Crippen LogP contribution is 2.25. The SMILES string of the molecule is CCCCCCCCC(CCC)Oc1ccccc1C(=O)c1ccccc1. The minimum atomic E-state index is 0.0287. The summed E-state index contributed by atoms with van der Waals surface area (Å²) in [5, 5.41) is 0. The van der Waals surface area contributed by atoms with Crippen LogP contribution >= 0.6 is 0 Å². The molecule has 2 rings (SSSR count). The predicted octanol–water partition coefficient (Wildman–Crippen LogP) is 7.22. The summed E-state index contributed by atoms with van der Waals surface area (Å²) in [6.45, 7) is 4.44. The lowest BCUT2D eigenvalue weighted by molar-refractivity contribution is 0.102. The molecule has 0 amide bonds. The molecule has 2 nitrogen and oxygen atoms in total.